The Morgan fingerprint density at radius 1 is 1.17 bits per heavy atom. The number of pyridine rings is 1. The number of rotatable bonds is 2. The number of nitrogens with zero attached hydrogens (tertiary/aromatic N) is 2. The van der Waals surface area contributed by atoms with Crippen LogP contribution >= 0.6 is 0 Å². The van der Waals surface area contributed by atoms with Crippen molar-refractivity contribution in [2.24, 2.45) is 0 Å². The molecule has 3 heteroatoms. The summed E-state index contributed by atoms with van der Waals surface area (Å²) in [7, 11) is 0. The molecule has 1 aromatic carbocycles. The van der Waals surface area contributed by atoms with Gasteiger partial charge in [-0.05, 0) is 30.2 Å². The molecule has 92 valence electrons. The smallest absolute Gasteiger partial charge is 0.0605 e. The molecule has 0 amide bonds. The molecule has 1 aliphatic heterocycles. The largest absolute Gasteiger partial charge is 0.383 e. The first-order valence-corrected chi connectivity index (χ1v) is 6.40. The number of anilines is 2. The van der Waals surface area contributed by atoms with Crippen LogP contribution in [0.1, 0.15) is 12.0 Å². The van der Waals surface area contributed by atoms with Gasteiger partial charge in [0, 0.05) is 32.0 Å². The fourth-order valence-corrected chi connectivity index (χ4v) is 2.39. The van der Waals surface area contributed by atoms with Gasteiger partial charge in [-0.2, -0.15) is 0 Å². The van der Waals surface area contributed by atoms with Crippen molar-refractivity contribution in [2.45, 2.75) is 13.0 Å². The first-order valence-electron chi connectivity index (χ1n) is 6.40. The first kappa shape index (κ1) is 11.1. The summed E-state index contributed by atoms with van der Waals surface area (Å²) in [5, 5.41) is 3.48. The number of fused-ring (bicyclic) bond motifs is 1. The van der Waals surface area contributed by atoms with Crippen molar-refractivity contribution in [1.29, 1.82) is 0 Å². The highest BCUT2D eigenvalue weighted by molar-refractivity contribution is 5.70. The number of nitrogens with one attached hydrogen (secondary N) is 1. The molecule has 0 fully saturated rings. The van der Waals surface area contributed by atoms with E-state index in [9.17, 15) is 0 Å². The Balaban J connectivity index is 1.88. The van der Waals surface area contributed by atoms with Gasteiger partial charge in [0.1, 0.15) is 0 Å². The third-order valence-corrected chi connectivity index (χ3v) is 3.26. The molecular weight excluding hydrogens is 222 g/mol. The predicted octanol–water partition coefficient (Wildman–Crippen LogP) is 2.90. The SMILES string of the molecule is c1cncc(CN2CCCNc3ccccc32)c1. The summed E-state index contributed by atoms with van der Waals surface area (Å²) in [6, 6.07) is 12.6. The molecule has 2 aromatic rings. The Labute approximate surface area is 107 Å². The lowest BCUT2D eigenvalue weighted by atomic mass is 10.2. The summed E-state index contributed by atoms with van der Waals surface area (Å²) in [6.07, 6.45) is 4.93. The highest BCUT2D eigenvalue weighted by Gasteiger charge is 2.14. The zero-order valence-electron chi connectivity index (χ0n) is 10.3. The van der Waals surface area contributed by atoms with E-state index in [0.29, 0.717) is 0 Å². The third kappa shape index (κ3) is 2.30. The topological polar surface area (TPSA) is 28.2 Å². The van der Waals surface area contributed by atoms with Crippen molar-refractivity contribution in [3.63, 3.8) is 0 Å². The van der Waals surface area contributed by atoms with Gasteiger partial charge in [-0.15, -0.1) is 0 Å². The normalized spacial score (nSPS) is 14.6. The zero-order valence-corrected chi connectivity index (χ0v) is 10.3. The van der Waals surface area contributed by atoms with E-state index >= 15 is 0 Å². The standard InChI is InChI=1S/C15H17N3/c1-2-7-15-14(6-1)17-9-4-10-18(15)12-13-5-3-8-16-11-13/h1-3,5-8,11,17H,4,9-10,12H2. The molecule has 3 nitrogen and oxygen atoms in total. The van der Waals surface area contributed by atoms with Crippen LogP contribution in [-0.2, 0) is 6.54 Å². The predicted molar refractivity (Wildman–Crippen MR) is 74.8 cm³/mol. The minimum atomic E-state index is 0.923. The summed E-state index contributed by atoms with van der Waals surface area (Å²) in [5.74, 6) is 0. The van der Waals surface area contributed by atoms with Crippen molar-refractivity contribution in [3.05, 3.63) is 54.4 Å². The third-order valence-electron chi connectivity index (χ3n) is 3.26. The van der Waals surface area contributed by atoms with E-state index in [1.807, 2.05) is 18.5 Å². The summed E-state index contributed by atoms with van der Waals surface area (Å²) in [6.45, 7) is 3.05. The maximum atomic E-state index is 4.19. The monoisotopic (exact) mass is 239 g/mol. The molecule has 0 bridgehead atoms. The summed E-state index contributed by atoms with van der Waals surface area (Å²) >= 11 is 0. The van der Waals surface area contributed by atoms with E-state index in [1.54, 1.807) is 0 Å². The number of para-hydroxylation sites is 2. The number of hydrogen-bond acceptors (Lipinski definition) is 3. The molecule has 0 saturated carbocycles. The molecule has 0 radical (unpaired) electrons. The van der Waals surface area contributed by atoms with Gasteiger partial charge >= 0.3 is 0 Å². The van der Waals surface area contributed by atoms with E-state index in [4.69, 9.17) is 0 Å². The van der Waals surface area contributed by atoms with Gasteiger partial charge in [0.15, 0.2) is 0 Å². The number of benzene rings is 1. The fourth-order valence-electron chi connectivity index (χ4n) is 2.39. The van der Waals surface area contributed by atoms with Crippen molar-refractivity contribution in [2.75, 3.05) is 23.3 Å². The quantitative estimate of drug-likeness (QED) is 0.873. The highest BCUT2D eigenvalue weighted by Crippen LogP contribution is 2.28. The van der Waals surface area contributed by atoms with Crippen LogP contribution in [0.25, 0.3) is 0 Å². The molecule has 0 unspecified atom stereocenters. The van der Waals surface area contributed by atoms with E-state index in [0.717, 1.165) is 26.1 Å². The molecule has 0 atom stereocenters. The van der Waals surface area contributed by atoms with E-state index in [-0.39, 0.29) is 0 Å². The van der Waals surface area contributed by atoms with Gasteiger partial charge in [0.25, 0.3) is 0 Å². The Bertz CT molecular complexity index is 510. The van der Waals surface area contributed by atoms with E-state index in [1.165, 1.54) is 16.9 Å². The maximum absolute atomic E-state index is 4.19. The second kappa shape index (κ2) is 5.08. The maximum Gasteiger partial charge on any atom is 0.0605 e. The number of aromatic nitrogens is 1. The first-order chi connectivity index (χ1) is 8.93. The van der Waals surface area contributed by atoms with Crippen LogP contribution in [-0.4, -0.2) is 18.1 Å². The van der Waals surface area contributed by atoms with Gasteiger partial charge in [0.2, 0.25) is 0 Å². The van der Waals surface area contributed by atoms with Gasteiger partial charge in [-0.1, -0.05) is 18.2 Å². The van der Waals surface area contributed by atoms with Crippen LogP contribution < -0.4 is 10.2 Å². The molecule has 18 heavy (non-hydrogen) atoms. The zero-order chi connectivity index (χ0) is 12.2. The van der Waals surface area contributed by atoms with Crippen LogP contribution in [0.5, 0.6) is 0 Å². The van der Waals surface area contributed by atoms with Crippen LogP contribution in [0.15, 0.2) is 48.8 Å². The van der Waals surface area contributed by atoms with Crippen LogP contribution in [0, 0.1) is 0 Å². The Morgan fingerprint density at radius 3 is 3.00 bits per heavy atom. The van der Waals surface area contributed by atoms with Crippen LogP contribution in [0.2, 0.25) is 0 Å². The van der Waals surface area contributed by atoms with Crippen molar-refractivity contribution >= 4 is 11.4 Å². The molecule has 0 aliphatic carbocycles. The Morgan fingerprint density at radius 2 is 2.11 bits per heavy atom. The van der Waals surface area contributed by atoms with Crippen LogP contribution in [0.4, 0.5) is 11.4 Å². The van der Waals surface area contributed by atoms with Gasteiger partial charge in [-0.25, -0.2) is 0 Å². The molecule has 3 rings (SSSR count). The molecule has 1 aliphatic rings. The summed E-state index contributed by atoms with van der Waals surface area (Å²) < 4.78 is 0. The minimum absolute atomic E-state index is 0.923. The fraction of sp³-hybridized carbons (Fsp3) is 0.267. The van der Waals surface area contributed by atoms with Crippen molar-refractivity contribution in [1.82, 2.24) is 4.98 Å². The average Bonchev–Trinajstić information content (AvgIpc) is 2.63. The molecule has 1 aromatic heterocycles. The molecular formula is C15H17N3. The Hall–Kier alpha value is -2.03. The highest BCUT2D eigenvalue weighted by atomic mass is 15.2. The van der Waals surface area contributed by atoms with Gasteiger partial charge in [0.05, 0.1) is 11.4 Å². The van der Waals surface area contributed by atoms with Crippen molar-refractivity contribution < 1.29 is 0 Å². The lowest BCUT2D eigenvalue weighted by molar-refractivity contribution is 0.762. The molecule has 0 saturated heterocycles. The van der Waals surface area contributed by atoms with Crippen LogP contribution in [0.3, 0.4) is 0 Å². The van der Waals surface area contributed by atoms with Crippen molar-refractivity contribution in [3.8, 4) is 0 Å². The second-order valence-electron chi connectivity index (χ2n) is 4.58. The number of hydrogen-bond donors (Lipinski definition) is 1. The lowest BCUT2D eigenvalue weighted by Gasteiger charge is -2.24. The molecule has 2 heterocycles. The van der Waals surface area contributed by atoms with Gasteiger partial charge in [-0.3, -0.25) is 4.98 Å². The van der Waals surface area contributed by atoms with E-state index < -0.39 is 0 Å². The summed E-state index contributed by atoms with van der Waals surface area (Å²) in [4.78, 5) is 6.61. The molecule has 0 spiro atoms. The average molecular weight is 239 g/mol. The minimum Gasteiger partial charge on any atom is -0.383 e. The van der Waals surface area contributed by atoms with Gasteiger partial charge < -0.3 is 10.2 Å². The Kier molecular flexibility index (Phi) is 3.13. The lowest BCUT2D eigenvalue weighted by Crippen LogP contribution is -2.23. The summed E-state index contributed by atoms with van der Waals surface area (Å²) in [5.41, 5.74) is 3.78. The van der Waals surface area contributed by atoms with E-state index in [2.05, 4.69) is 45.5 Å². The second-order valence-corrected chi connectivity index (χ2v) is 4.58. The molecule has 1 N–H and O–H groups in total.